The zero-order chi connectivity index (χ0) is 13.0. The van der Waals surface area contributed by atoms with Crippen molar-refractivity contribution in [3.05, 3.63) is 35.9 Å². The number of esters is 1. The van der Waals surface area contributed by atoms with Crippen molar-refractivity contribution in [3.63, 3.8) is 0 Å². The Hall–Kier alpha value is -1.81. The predicted octanol–water partition coefficient (Wildman–Crippen LogP) is 2.16. The van der Waals surface area contributed by atoms with Crippen LogP contribution >= 0.6 is 0 Å². The zero-order valence-corrected chi connectivity index (χ0v) is 10.3. The second-order valence-corrected chi connectivity index (χ2v) is 4.20. The van der Waals surface area contributed by atoms with E-state index in [-0.39, 0.29) is 5.97 Å². The van der Waals surface area contributed by atoms with Crippen LogP contribution in [0.3, 0.4) is 0 Å². The van der Waals surface area contributed by atoms with E-state index in [1.807, 2.05) is 31.2 Å². The summed E-state index contributed by atoms with van der Waals surface area (Å²) in [5, 5.41) is 12.5. The van der Waals surface area contributed by atoms with Gasteiger partial charge in [0.05, 0.1) is 12.2 Å². The highest BCUT2D eigenvalue weighted by Crippen LogP contribution is 2.29. The third kappa shape index (κ3) is 2.71. The van der Waals surface area contributed by atoms with Gasteiger partial charge in [-0.15, -0.1) is 0 Å². The second kappa shape index (κ2) is 5.69. The first-order valence-electron chi connectivity index (χ1n) is 6.15. The number of nitrogens with one attached hydrogen (secondary N) is 1. The van der Waals surface area contributed by atoms with Gasteiger partial charge < -0.3 is 15.2 Å². The molecule has 1 atom stereocenters. The van der Waals surface area contributed by atoms with Crippen LogP contribution < -0.4 is 5.32 Å². The number of aliphatic hydroxyl groups is 1. The highest BCUT2D eigenvalue weighted by atomic mass is 16.5. The Morgan fingerprint density at radius 2 is 2.22 bits per heavy atom. The smallest absolute Gasteiger partial charge is 0.338 e. The van der Waals surface area contributed by atoms with Crippen LogP contribution in [0.5, 0.6) is 0 Å². The quantitative estimate of drug-likeness (QED) is 0.632. The van der Waals surface area contributed by atoms with Crippen LogP contribution in [-0.2, 0) is 9.53 Å². The first-order valence-corrected chi connectivity index (χ1v) is 6.15. The Balaban J connectivity index is 2.18. The summed E-state index contributed by atoms with van der Waals surface area (Å²) in [5.41, 5.74) is 1.94. The molecule has 0 aliphatic carbocycles. The van der Waals surface area contributed by atoms with Gasteiger partial charge in [0.2, 0.25) is 0 Å². The fourth-order valence-corrected chi connectivity index (χ4v) is 1.86. The van der Waals surface area contributed by atoms with Crippen molar-refractivity contribution in [2.75, 3.05) is 11.9 Å². The van der Waals surface area contributed by atoms with Gasteiger partial charge in [0.1, 0.15) is 6.23 Å². The van der Waals surface area contributed by atoms with Crippen molar-refractivity contribution in [2.24, 2.45) is 0 Å². The molecular formula is C14H17NO3. The molecular weight excluding hydrogens is 230 g/mol. The van der Waals surface area contributed by atoms with E-state index in [1.54, 1.807) is 0 Å². The average molecular weight is 247 g/mol. The molecule has 2 N–H and O–H groups in total. The Morgan fingerprint density at radius 3 is 3.00 bits per heavy atom. The second-order valence-electron chi connectivity index (χ2n) is 4.20. The van der Waals surface area contributed by atoms with E-state index in [9.17, 15) is 9.90 Å². The van der Waals surface area contributed by atoms with Gasteiger partial charge in [0.15, 0.2) is 0 Å². The lowest BCUT2D eigenvalue weighted by molar-refractivity contribution is -0.136. The summed E-state index contributed by atoms with van der Waals surface area (Å²) in [7, 11) is 0. The molecule has 1 aromatic rings. The number of unbranched alkanes of at least 4 members (excludes halogenated alkanes) is 1. The van der Waals surface area contributed by atoms with Crippen LogP contribution in [0.1, 0.15) is 25.3 Å². The van der Waals surface area contributed by atoms with Crippen molar-refractivity contribution in [1.29, 1.82) is 0 Å². The molecule has 0 unspecified atom stereocenters. The molecule has 1 aliphatic rings. The molecule has 0 bridgehead atoms. The lowest BCUT2D eigenvalue weighted by Gasteiger charge is -2.22. The first-order chi connectivity index (χ1) is 8.72. The number of hydrogen-bond donors (Lipinski definition) is 2. The Bertz CT molecular complexity index is 468. The van der Waals surface area contributed by atoms with Gasteiger partial charge in [-0.25, -0.2) is 4.79 Å². The number of fused-ring (bicyclic) bond motifs is 1. The van der Waals surface area contributed by atoms with Crippen LogP contribution in [0.15, 0.2) is 30.3 Å². The maximum absolute atomic E-state index is 12.0. The largest absolute Gasteiger partial charge is 0.462 e. The third-order valence-electron chi connectivity index (χ3n) is 2.80. The number of aliphatic hydroxyl groups excluding tert-OH is 1. The lowest BCUT2D eigenvalue weighted by atomic mass is 10.00. The minimum atomic E-state index is -0.853. The van der Waals surface area contributed by atoms with E-state index < -0.39 is 6.23 Å². The highest BCUT2D eigenvalue weighted by molar-refractivity contribution is 6.18. The number of para-hydroxylation sites is 1. The predicted molar refractivity (Wildman–Crippen MR) is 69.9 cm³/mol. The molecule has 0 radical (unpaired) electrons. The highest BCUT2D eigenvalue weighted by Gasteiger charge is 2.22. The number of ether oxygens (including phenoxy) is 1. The molecule has 18 heavy (non-hydrogen) atoms. The van der Waals surface area contributed by atoms with Gasteiger partial charge in [-0.1, -0.05) is 31.5 Å². The number of hydrogen-bond acceptors (Lipinski definition) is 4. The molecule has 0 saturated carbocycles. The first kappa shape index (κ1) is 12.6. The molecule has 2 rings (SSSR count). The Labute approximate surface area is 106 Å². The standard InChI is InChI=1S/C14H17NO3/c1-2-3-8-18-14(17)11-9-13(16)15-12-7-5-4-6-10(11)12/h4-7,9,13,15-16H,2-3,8H2,1H3/t13-/m0/s1. The molecule has 1 aromatic carbocycles. The maximum Gasteiger partial charge on any atom is 0.338 e. The lowest BCUT2D eigenvalue weighted by Crippen LogP contribution is -2.23. The Morgan fingerprint density at radius 1 is 1.44 bits per heavy atom. The monoisotopic (exact) mass is 247 g/mol. The molecule has 0 saturated heterocycles. The van der Waals surface area contributed by atoms with E-state index >= 15 is 0 Å². The van der Waals surface area contributed by atoms with Gasteiger partial charge in [-0.05, 0) is 18.6 Å². The molecule has 1 aliphatic heterocycles. The topological polar surface area (TPSA) is 58.6 Å². The van der Waals surface area contributed by atoms with Crippen molar-refractivity contribution < 1.29 is 14.6 Å². The molecule has 0 spiro atoms. The SMILES string of the molecule is CCCCOC(=O)C1=C[C@H](O)Nc2ccccc21. The number of anilines is 1. The Kier molecular flexibility index (Phi) is 3.99. The zero-order valence-electron chi connectivity index (χ0n) is 10.3. The summed E-state index contributed by atoms with van der Waals surface area (Å²) in [6, 6.07) is 7.36. The van der Waals surface area contributed by atoms with Crippen LogP contribution in [0, 0.1) is 0 Å². The number of benzene rings is 1. The number of carbonyl (C=O) groups is 1. The summed E-state index contributed by atoms with van der Waals surface area (Å²) >= 11 is 0. The van der Waals surface area contributed by atoms with Gasteiger partial charge in [-0.3, -0.25) is 0 Å². The van der Waals surface area contributed by atoms with Crippen molar-refractivity contribution >= 4 is 17.2 Å². The summed E-state index contributed by atoms with van der Waals surface area (Å²) in [6.07, 6.45) is 2.46. The number of rotatable bonds is 4. The van der Waals surface area contributed by atoms with Gasteiger partial charge in [0.25, 0.3) is 0 Å². The van der Waals surface area contributed by atoms with E-state index in [2.05, 4.69) is 5.32 Å². The average Bonchev–Trinajstić information content (AvgIpc) is 2.38. The van der Waals surface area contributed by atoms with Crippen LogP contribution in [0.25, 0.3) is 5.57 Å². The van der Waals surface area contributed by atoms with E-state index in [0.717, 1.165) is 24.1 Å². The van der Waals surface area contributed by atoms with E-state index in [0.29, 0.717) is 12.2 Å². The van der Waals surface area contributed by atoms with Gasteiger partial charge in [-0.2, -0.15) is 0 Å². The summed E-state index contributed by atoms with van der Waals surface area (Å²) in [5.74, 6) is -0.378. The van der Waals surface area contributed by atoms with E-state index in [4.69, 9.17) is 4.74 Å². The maximum atomic E-state index is 12.0. The normalized spacial score (nSPS) is 17.4. The van der Waals surface area contributed by atoms with E-state index in [1.165, 1.54) is 6.08 Å². The molecule has 0 fully saturated rings. The van der Waals surface area contributed by atoms with Crippen molar-refractivity contribution in [3.8, 4) is 0 Å². The molecule has 0 amide bonds. The van der Waals surface area contributed by atoms with Crippen molar-refractivity contribution in [2.45, 2.75) is 26.0 Å². The molecule has 96 valence electrons. The van der Waals surface area contributed by atoms with Crippen molar-refractivity contribution in [1.82, 2.24) is 0 Å². The molecule has 4 heteroatoms. The minimum absolute atomic E-state index is 0.378. The van der Waals surface area contributed by atoms with Crippen LogP contribution in [0.4, 0.5) is 5.69 Å². The summed E-state index contributed by atoms with van der Waals surface area (Å²) in [6.45, 7) is 2.45. The third-order valence-corrected chi connectivity index (χ3v) is 2.80. The summed E-state index contributed by atoms with van der Waals surface area (Å²) in [4.78, 5) is 12.0. The van der Waals surface area contributed by atoms with Gasteiger partial charge >= 0.3 is 5.97 Å². The molecule has 1 heterocycles. The summed E-state index contributed by atoms with van der Waals surface area (Å²) < 4.78 is 5.18. The van der Waals surface area contributed by atoms with Crippen LogP contribution in [-0.4, -0.2) is 23.9 Å². The number of carbonyl (C=O) groups excluding carboxylic acids is 1. The molecule has 0 aromatic heterocycles. The van der Waals surface area contributed by atoms with Crippen LogP contribution in [0.2, 0.25) is 0 Å². The fraction of sp³-hybridized carbons (Fsp3) is 0.357. The fourth-order valence-electron chi connectivity index (χ4n) is 1.86. The molecule has 4 nitrogen and oxygen atoms in total. The van der Waals surface area contributed by atoms with Gasteiger partial charge in [0, 0.05) is 11.3 Å². The minimum Gasteiger partial charge on any atom is -0.462 e.